The summed E-state index contributed by atoms with van der Waals surface area (Å²) in [4.78, 5) is 0. The third-order valence-corrected chi connectivity index (χ3v) is 2.71. The summed E-state index contributed by atoms with van der Waals surface area (Å²) in [5.41, 5.74) is 2.19. The van der Waals surface area contributed by atoms with Gasteiger partial charge in [0.15, 0.2) is 0 Å². The second kappa shape index (κ2) is 6.74. The summed E-state index contributed by atoms with van der Waals surface area (Å²) in [5.74, 6) is 0. The number of rotatable bonds is 6. The van der Waals surface area contributed by atoms with Gasteiger partial charge in [0, 0.05) is 19.7 Å². The van der Waals surface area contributed by atoms with Crippen molar-refractivity contribution < 1.29 is 9.84 Å². The summed E-state index contributed by atoms with van der Waals surface area (Å²) < 4.78 is 5.40. The van der Waals surface area contributed by atoms with Gasteiger partial charge < -0.3 is 15.2 Å². The van der Waals surface area contributed by atoms with Crippen molar-refractivity contribution >= 4 is 0 Å². The highest BCUT2D eigenvalue weighted by Gasteiger charge is 2.20. The smallest absolute Gasteiger partial charge is 0.109 e. The first-order valence-electron chi connectivity index (χ1n) is 6.05. The van der Waals surface area contributed by atoms with Gasteiger partial charge in [-0.05, 0) is 12.5 Å². The van der Waals surface area contributed by atoms with E-state index in [0.717, 1.165) is 5.56 Å². The maximum absolute atomic E-state index is 10.1. The van der Waals surface area contributed by atoms with Crippen LogP contribution in [0.1, 0.15) is 31.1 Å². The lowest BCUT2D eigenvalue weighted by atomic mass is 10.0. The van der Waals surface area contributed by atoms with Crippen LogP contribution in [0.4, 0.5) is 0 Å². The molecule has 3 heteroatoms. The molecule has 0 saturated carbocycles. The summed E-state index contributed by atoms with van der Waals surface area (Å²) in [6.45, 7) is 6.68. The number of nitrogens with one attached hydrogen (secondary N) is 1. The van der Waals surface area contributed by atoms with Gasteiger partial charge in [-0.1, -0.05) is 43.7 Å². The number of hydrogen-bond acceptors (Lipinski definition) is 3. The van der Waals surface area contributed by atoms with E-state index in [-0.39, 0.29) is 6.10 Å². The van der Waals surface area contributed by atoms with Gasteiger partial charge in [0.25, 0.3) is 0 Å². The second-order valence-electron chi connectivity index (χ2n) is 4.70. The number of ether oxygens (including phenoxy) is 1. The van der Waals surface area contributed by atoms with Crippen LogP contribution in [-0.2, 0) is 4.74 Å². The summed E-state index contributed by atoms with van der Waals surface area (Å²) in [5, 5.41) is 13.3. The quantitative estimate of drug-likeness (QED) is 0.795. The highest BCUT2D eigenvalue weighted by molar-refractivity contribution is 5.25. The second-order valence-corrected chi connectivity index (χ2v) is 4.70. The monoisotopic (exact) mass is 237 g/mol. The largest absolute Gasteiger partial charge is 0.389 e. The van der Waals surface area contributed by atoms with Crippen LogP contribution in [0.2, 0.25) is 0 Å². The molecule has 0 amide bonds. The van der Waals surface area contributed by atoms with E-state index in [4.69, 9.17) is 4.74 Å². The lowest BCUT2D eigenvalue weighted by Gasteiger charge is -2.23. The minimum absolute atomic E-state index is 0.277. The van der Waals surface area contributed by atoms with Crippen LogP contribution >= 0.6 is 0 Å². The SMILES string of the molecule is COC(c1cccc(C)c1)C(O)CNC(C)C. The first kappa shape index (κ1) is 14.2. The maximum atomic E-state index is 10.1. The molecule has 96 valence electrons. The molecule has 1 rings (SSSR count). The molecular weight excluding hydrogens is 214 g/mol. The Bertz CT molecular complexity index is 339. The first-order chi connectivity index (χ1) is 8.04. The fourth-order valence-corrected chi connectivity index (χ4v) is 1.83. The third kappa shape index (κ3) is 4.46. The molecule has 0 aliphatic heterocycles. The lowest BCUT2D eigenvalue weighted by Crippen LogP contribution is -2.36. The first-order valence-corrected chi connectivity index (χ1v) is 6.05. The molecule has 0 bridgehead atoms. The molecule has 0 aliphatic carbocycles. The molecule has 0 radical (unpaired) electrons. The Balaban J connectivity index is 2.70. The molecule has 0 aromatic heterocycles. The minimum Gasteiger partial charge on any atom is -0.389 e. The molecule has 2 unspecified atom stereocenters. The Morgan fingerprint density at radius 1 is 1.35 bits per heavy atom. The van der Waals surface area contributed by atoms with Crippen molar-refractivity contribution in [3.8, 4) is 0 Å². The van der Waals surface area contributed by atoms with Gasteiger partial charge in [0.2, 0.25) is 0 Å². The van der Waals surface area contributed by atoms with E-state index in [1.807, 2.05) is 31.2 Å². The van der Waals surface area contributed by atoms with Crippen LogP contribution in [0.15, 0.2) is 24.3 Å². The van der Waals surface area contributed by atoms with Gasteiger partial charge in [0.1, 0.15) is 6.10 Å². The third-order valence-electron chi connectivity index (χ3n) is 2.71. The standard InChI is InChI=1S/C14H23NO2/c1-10(2)15-9-13(16)14(17-4)12-7-5-6-11(3)8-12/h5-8,10,13-16H,9H2,1-4H3. The van der Waals surface area contributed by atoms with Crippen LogP contribution in [0.5, 0.6) is 0 Å². The molecule has 1 aromatic carbocycles. The van der Waals surface area contributed by atoms with Crippen molar-refractivity contribution in [2.75, 3.05) is 13.7 Å². The predicted octanol–water partition coefficient (Wildman–Crippen LogP) is 2.04. The van der Waals surface area contributed by atoms with Gasteiger partial charge in [0.05, 0.1) is 6.10 Å². The van der Waals surface area contributed by atoms with Gasteiger partial charge in [-0.3, -0.25) is 0 Å². The summed E-state index contributed by atoms with van der Waals surface area (Å²) in [6, 6.07) is 8.42. The summed E-state index contributed by atoms with van der Waals surface area (Å²) in [6.07, 6.45) is -0.814. The highest BCUT2D eigenvalue weighted by Crippen LogP contribution is 2.21. The van der Waals surface area contributed by atoms with E-state index in [2.05, 4.69) is 19.2 Å². The van der Waals surface area contributed by atoms with Gasteiger partial charge in [-0.2, -0.15) is 0 Å². The molecule has 3 nitrogen and oxygen atoms in total. The molecule has 0 heterocycles. The average Bonchev–Trinajstić information content (AvgIpc) is 2.27. The zero-order valence-corrected chi connectivity index (χ0v) is 11.1. The van der Waals surface area contributed by atoms with Crippen molar-refractivity contribution in [1.82, 2.24) is 5.32 Å². The van der Waals surface area contributed by atoms with Crippen molar-refractivity contribution in [3.05, 3.63) is 35.4 Å². The van der Waals surface area contributed by atoms with E-state index in [1.54, 1.807) is 7.11 Å². The molecule has 2 atom stereocenters. The number of hydrogen-bond donors (Lipinski definition) is 2. The fourth-order valence-electron chi connectivity index (χ4n) is 1.83. The predicted molar refractivity (Wildman–Crippen MR) is 70.1 cm³/mol. The number of methoxy groups -OCH3 is 1. The number of aryl methyl sites for hydroxylation is 1. The van der Waals surface area contributed by atoms with Crippen molar-refractivity contribution in [3.63, 3.8) is 0 Å². The molecule has 2 N–H and O–H groups in total. The molecule has 0 saturated heterocycles. The van der Waals surface area contributed by atoms with Gasteiger partial charge in [-0.15, -0.1) is 0 Å². The lowest BCUT2D eigenvalue weighted by molar-refractivity contribution is -0.0132. The van der Waals surface area contributed by atoms with E-state index in [9.17, 15) is 5.11 Å². The Hall–Kier alpha value is -0.900. The van der Waals surface area contributed by atoms with Gasteiger partial charge >= 0.3 is 0 Å². The normalized spacial score (nSPS) is 14.9. The van der Waals surface area contributed by atoms with E-state index >= 15 is 0 Å². The Morgan fingerprint density at radius 3 is 2.59 bits per heavy atom. The zero-order valence-electron chi connectivity index (χ0n) is 11.1. The van der Waals surface area contributed by atoms with Crippen LogP contribution in [0.25, 0.3) is 0 Å². The van der Waals surface area contributed by atoms with E-state index in [1.165, 1.54) is 5.56 Å². The van der Waals surface area contributed by atoms with E-state index < -0.39 is 6.10 Å². The van der Waals surface area contributed by atoms with Crippen molar-refractivity contribution in [2.24, 2.45) is 0 Å². The Kier molecular flexibility index (Phi) is 5.62. The molecule has 1 aromatic rings. The van der Waals surface area contributed by atoms with Crippen molar-refractivity contribution in [1.29, 1.82) is 0 Å². The zero-order chi connectivity index (χ0) is 12.8. The van der Waals surface area contributed by atoms with Crippen LogP contribution in [0, 0.1) is 6.92 Å². The molecule has 0 fully saturated rings. The Labute approximate surface area is 104 Å². The minimum atomic E-state index is -0.538. The number of aliphatic hydroxyl groups excluding tert-OH is 1. The molecule has 0 spiro atoms. The highest BCUT2D eigenvalue weighted by atomic mass is 16.5. The number of benzene rings is 1. The Morgan fingerprint density at radius 2 is 2.06 bits per heavy atom. The van der Waals surface area contributed by atoms with Crippen LogP contribution < -0.4 is 5.32 Å². The van der Waals surface area contributed by atoms with Crippen LogP contribution in [0.3, 0.4) is 0 Å². The maximum Gasteiger partial charge on any atom is 0.109 e. The average molecular weight is 237 g/mol. The van der Waals surface area contributed by atoms with Crippen LogP contribution in [-0.4, -0.2) is 30.9 Å². The van der Waals surface area contributed by atoms with E-state index in [0.29, 0.717) is 12.6 Å². The number of aliphatic hydroxyl groups is 1. The molecule has 0 aliphatic rings. The molecule has 17 heavy (non-hydrogen) atoms. The fraction of sp³-hybridized carbons (Fsp3) is 0.571. The van der Waals surface area contributed by atoms with Crippen molar-refractivity contribution in [2.45, 2.75) is 39.0 Å². The molecular formula is C14H23NO2. The van der Waals surface area contributed by atoms with Gasteiger partial charge in [-0.25, -0.2) is 0 Å². The summed E-state index contributed by atoms with van der Waals surface area (Å²) in [7, 11) is 1.63. The summed E-state index contributed by atoms with van der Waals surface area (Å²) >= 11 is 0. The topological polar surface area (TPSA) is 41.5 Å².